The molecule has 2 aromatic heterocycles. The van der Waals surface area contributed by atoms with Crippen LogP contribution in [0.25, 0.3) is 5.57 Å². The quantitative estimate of drug-likeness (QED) is 0.429. The highest BCUT2D eigenvalue weighted by Crippen LogP contribution is 2.31. The lowest BCUT2D eigenvalue weighted by molar-refractivity contribution is 0.408. The van der Waals surface area contributed by atoms with Crippen LogP contribution < -0.4 is 5.32 Å². The summed E-state index contributed by atoms with van der Waals surface area (Å²) in [4.78, 5) is 12.7. The van der Waals surface area contributed by atoms with Crippen molar-refractivity contribution in [2.75, 3.05) is 11.9 Å². The van der Waals surface area contributed by atoms with E-state index >= 15 is 0 Å². The first-order valence-corrected chi connectivity index (χ1v) is 10.6. The molecule has 1 unspecified atom stereocenters. The molecule has 2 heterocycles. The van der Waals surface area contributed by atoms with Gasteiger partial charge in [0.15, 0.2) is 0 Å². The lowest BCUT2D eigenvalue weighted by Crippen LogP contribution is -2.11. The summed E-state index contributed by atoms with van der Waals surface area (Å²) >= 11 is 0. The minimum absolute atomic E-state index is 0.0307. The Hall–Kier alpha value is -2.83. The minimum atomic E-state index is -1.40. The number of allylic oxidation sites excluding steroid dienone is 4. The summed E-state index contributed by atoms with van der Waals surface area (Å²) < 4.78 is 30.4. The molecule has 7 heteroatoms. The lowest BCUT2D eigenvalue weighted by atomic mass is 10.1. The molecule has 3 rings (SSSR count). The number of alkyl halides is 1. The number of aliphatic imine (C=N–C) groups is 1. The summed E-state index contributed by atoms with van der Waals surface area (Å²) in [5.74, 6) is -0.166. The van der Waals surface area contributed by atoms with Gasteiger partial charge in [0, 0.05) is 44.2 Å². The van der Waals surface area contributed by atoms with Gasteiger partial charge in [0.2, 0.25) is 0 Å². The van der Waals surface area contributed by atoms with Crippen LogP contribution in [0.15, 0.2) is 53.8 Å². The van der Waals surface area contributed by atoms with Crippen LogP contribution in [0.1, 0.15) is 53.3 Å². The van der Waals surface area contributed by atoms with E-state index < -0.39 is 12.0 Å². The normalized spacial score (nSPS) is 15.8. The second-order valence-corrected chi connectivity index (χ2v) is 5.84. The average molecular weight is 418 g/mol. The smallest absolute Gasteiger partial charge is 0.141 e. The van der Waals surface area contributed by atoms with Gasteiger partial charge in [-0.25, -0.2) is 13.8 Å². The minimum Gasteiger partial charge on any atom is -0.383 e. The fourth-order valence-corrected chi connectivity index (χ4v) is 2.82. The molecule has 0 aromatic carbocycles. The third kappa shape index (κ3) is 6.90. The Labute approximate surface area is 178 Å². The van der Waals surface area contributed by atoms with Crippen LogP contribution in [0, 0.1) is 0 Å². The van der Waals surface area contributed by atoms with Gasteiger partial charge < -0.3 is 9.88 Å². The van der Waals surface area contributed by atoms with E-state index in [4.69, 9.17) is 0 Å². The lowest BCUT2D eigenvalue weighted by Gasteiger charge is -2.12. The number of pyridine rings is 1. The van der Waals surface area contributed by atoms with Gasteiger partial charge >= 0.3 is 0 Å². The molecule has 0 amide bonds. The summed E-state index contributed by atoms with van der Waals surface area (Å²) in [7, 11) is 0. The molecule has 0 aliphatic heterocycles. The van der Waals surface area contributed by atoms with Gasteiger partial charge in [0.05, 0.1) is 24.0 Å². The molecule has 0 bridgehead atoms. The average Bonchev–Trinajstić information content (AvgIpc) is 3.16. The molecule has 30 heavy (non-hydrogen) atoms. The summed E-state index contributed by atoms with van der Waals surface area (Å²) in [6.45, 7) is 11.1. The van der Waals surface area contributed by atoms with Crippen molar-refractivity contribution < 1.29 is 8.78 Å². The van der Waals surface area contributed by atoms with Crippen molar-refractivity contribution in [1.29, 1.82) is 0 Å². The van der Waals surface area contributed by atoms with Crippen molar-refractivity contribution in [3.8, 4) is 0 Å². The van der Waals surface area contributed by atoms with Crippen LogP contribution in [0.5, 0.6) is 0 Å². The van der Waals surface area contributed by atoms with Gasteiger partial charge in [0.1, 0.15) is 23.5 Å². The van der Waals surface area contributed by atoms with E-state index in [0.29, 0.717) is 18.1 Å². The Bertz CT molecular complexity index is 840. The molecular weight excluding hydrogens is 384 g/mol. The van der Waals surface area contributed by atoms with Crippen LogP contribution in [-0.2, 0) is 6.54 Å². The van der Waals surface area contributed by atoms with E-state index in [1.807, 2.05) is 40.7 Å². The van der Waals surface area contributed by atoms with Crippen molar-refractivity contribution in [1.82, 2.24) is 14.5 Å². The molecule has 0 radical (unpaired) electrons. The molecule has 0 saturated heterocycles. The second-order valence-electron chi connectivity index (χ2n) is 5.84. The summed E-state index contributed by atoms with van der Waals surface area (Å²) in [6.07, 6.45) is 10.5. The van der Waals surface area contributed by atoms with Crippen molar-refractivity contribution in [3.63, 3.8) is 0 Å². The van der Waals surface area contributed by atoms with E-state index in [1.165, 1.54) is 0 Å². The number of hydrogen-bond acceptors (Lipinski definition) is 4. The third-order valence-corrected chi connectivity index (χ3v) is 4.04. The first-order chi connectivity index (χ1) is 14.7. The largest absolute Gasteiger partial charge is 0.383 e. The molecule has 2 aromatic rings. The zero-order chi connectivity index (χ0) is 22.4. The molecular formula is C23H33F2N5. The van der Waals surface area contributed by atoms with E-state index in [1.54, 1.807) is 47.7 Å². The van der Waals surface area contributed by atoms with Crippen molar-refractivity contribution >= 4 is 23.2 Å². The van der Waals surface area contributed by atoms with Gasteiger partial charge in [-0.15, -0.1) is 0 Å². The van der Waals surface area contributed by atoms with E-state index in [-0.39, 0.29) is 18.4 Å². The number of imidazole rings is 1. The Morgan fingerprint density at radius 2 is 2.00 bits per heavy atom. The zero-order valence-electron chi connectivity index (χ0n) is 18.6. The Morgan fingerprint density at radius 3 is 2.73 bits per heavy atom. The van der Waals surface area contributed by atoms with Crippen molar-refractivity contribution in [2.24, 2.45) is 4.99 Å². The van der Waals surface area contributed by atoms with E-state index in [0.717, 1.165) is 12.2 Å². The molecule has 164 valence electrons. The maximum Gasteiger partial charge on any atom is 0.141 e. The number of anilines is 1. The fourth-order valence-electron chi connectivity index (χ4n) is 2.82. The molecule has 0 fully saturated rings. The number of hydrogen-bond donors (Lipinski definition) is 1. The highest BCUT2D eigenvalue weighted by molar-refractivity contribution is 5.72. The second kappa shape index (κ2) is 14.2. The Kier molecular flexibility index (Phi) is 11.9. The number of nitrogens with one attached hydrogen (secondary N) is 1. The van der Waals surface area contributed by atoms with Gasteiger partial charge in [-0.05, 0) is 13.0 Å². The summed E-state index contributed by atoms with van der Waals surface area (Å²) in [5, 5.41) is 3.21. The number of rotatable bonds is 6. The van der Waals surface area contributed by atoms with Crippen LogP contribution in [0.3, 0.4) is 0 Å². The van der Waals surface area contributed by atoms with Gasteiger partial charge in [0.25, 0.3) is 0 Å². The van der Waals surface area contributed by atoms with Gasteiger partial charge in [-0.3, -0.25) is 9.98 Å². The van der Waals surface area contributed by atoms with Crippen molar-refractivity contribution in [2.45, 2.75) is 60.2 Å². The monoisotopic (exact) mass is 417 g/mol. The molecule has 0 spiro atoms. The SMILES string of the molecule is CC.CC.CCNc1ccncc1N=CCn1ccnc1C1=C(F)CC=CCC1F. The molecule has 0 saturated carbocycles. The Morgan fingerprint density at radius 1 is 1.23 bits per heavy atom. The standard InChI is InChI=1S/C19H21F2N5.2C2H6/c1-2-23-16-7-8-22-13-17(16)24-9-11-26-12-10-25-19(26)18-14(20)5-3-4-6-15(18)21;2*1-2/h3-4,7-10,12-14H,2,5-6,11H2,1H3,(H,22,23);2*1-2H3. The maximum atomic E-state index is 14.4. The van der Waals surface area contributed by atoms with Crippen LogP contribution in [0.2, 0.25) is 0 Å². The third-order valence-electron chi connectivity index (χ3n) is 4.04. The fraction of sp³-hybridized carbons (Fsp3) is 0.435. The first kappa shape index (κ1) is 25.2. The summed E-state index contributed by atoms with van der Waals surface area (Å²) in [5.41, 5.74) is 1.63. The topological polar surface area (TPSA) is 55.1 Å². The molecule has 5 nitrogen and oxygen atoms in total. The molecule has 1 N–H and O–H groups in total. The van der Waals surface area contributed by atoms with Crippen LogP contribution >= 0.6 is 0 Å². The molecule has 1 aliphatic rings. The Balaban J connectivity index is 0.00000106. The van der Waals surface area contributed by atoms with E-state index in [9.17, 15) is 8.78 Å². The van der Waals surface area contributed by atoms with Gasteiger partial charge in [-0.1, -0.05) is 39.8 Å². The van der Waals surface area contributed by atoms with Gasteiger partial charge in [-0.2, -0.15) is 0 Å². The summed E-state index contributed by atoms with van der Waals surface area (Å²) in [6, 6.07) is 1.85. The predicted molar refractivity (Wildman–Crippen MR) is 123 cm³/mol. The molecule has 1 aliphatic carbocycles. The maximum absolute atomic E-state index is 14.4. The first-order valence-electron chi connectivity index (χ1n) is 10.6. The highest BCUT2D eigenvalue weighted by atomic mass is 19.1. The number of aromatic nitrogens is 3. The number of nitrogens with zero attached hydrogens (tertiary/aromatic N) is 4. The predicted octanol–water partition coefficient (Wildman–Crippen LogP) is 6.53. The molecule has 1 atom stereocenters. The van der Waals surface area contributed by atoms with E-state index in [2.05, 4.69) is 20.3 Å². The van der Waals surface area contributed by atoms with Crippen LogP contribution in [0.4, 0.5) is 20.2 Å². The highest BCUT2D eigenvalue weighted by Gasteiger charge is 2.24. The zero-order valence-corrected chi connectivity index (χ0v) is 18.6. The van der Waals surface area contributed by atoms with Crippen LogP contribution in [-0.4, -0.2) is 33.5 Å². The number of halogens is 2. The van der Waals surface area contributed by atoms with Crippen molar-refractivity contribution in [3.05, 3.63) is 54.7 Å².